The van der Waals surface area contributed by atoms with Crippen LogP contribution in [0, 0.1) is 0 Å². The maximum absolute atomic E-state index is 11.4. The Hall–Kier alpha value is -4.10. The summed E-state index contributed by atoms with van der Waals surface area (Å²) in [5.41, 5.74) is 6.25. The summed E-state index contributed by atoms with van der Waals surface area (Å²) in [6, 6.07) is 32.8. The minimum absolute atomic E-state index is 0.0352. The number of ether oxygens (including phenoxy) is 2. The topological polar surface area (TPSA) is 88.0 Å². The van der Waals surface area contributed by atoms with Gasteiger partial charge in [-0.1, -0.05) is 79.4 Å². The molecule has 1 aliphatic carbocycles. The summed E-state index contributed by atoms with van der Waals surface area (Å²) in [5, 5.41) is 22.6. The van der Waals surface area contributed by atoms with Crippen LogP contribution in [0.3, 0.4) is 0 Å². The number of carbonyl (C=O) groups is 1. The fourth-order valence-electron chi connectivity index (χ4n) is 5.40. The maximum Gasteiger partial charge on any atom is 0.243 e. The van der Waals surface area contributed by atoms with E-state index in [9.17, 15) is 15.0 Å². The van der Waals surface area contributed by atoms with Crippen molar-refractivity contribution in [1.82, 2.24) is 5.32 Å². The van der Waals surface area contributed by atoms with E-state index in [0.717, 1.165) is 17.2 Å². The minimum atomic E-state index is -0.857. The quantitative estimate of drug-likeness (QED) is 0.144. The van der Waals surface area contributed by atoms with Crippen molar-refractivity contribution in [3.05, 3.63) is 132 Å². The van der Waals surface area contributed by atoms with Gasteiger partial charge in [0.05, 0.1) is 11.3 Å². The average Bonchev–Trinajstić information content (AvgIpc) is 3.33. The summed E-state index contributed by atoms with van der Waals surface area (Å²) >= 11 is 5.72. The first-order valence-electron chi connectivity index (χ1n) is 13.5. The lowest BCUT2D eigenvalue weighted by Gasteiger charge is -2.34. The summed E-state index contributed by atoms with van der Waals surface area (Å²) in [4.78, 5) is 11.4. The van der Waals surface area contributed by atoms with Crippen molar-refractivity contribution in [2.45, 2.75) is 17.6 Å². The van der Waals surface area contributed by atoms with Gasteiger partial charge in [-0.2, -0.15) is 0 Å². The smallest absolute Gasteiger partial charge is 0.243 e. The molecule has 0 aliphatic heterocycles. The number of aliphatic hydroxyl groups is 2. The molecule has 2 unspecified atom stereocenters. The van der Waals surface area contributed by atoms with Gasteiger partial charge in [0, 0.05) is 6.54 Å². The molecule has 1 amide bonds. The Kier molecular flexibility index (Phi) is 8.74. The van der Waals surface area contributed by atoms with Gasteiger partial charge in [0.15, 0.2) is 0 Å². The molecule has 7 heteroatoms. The lowest BCUT2D eigenvalue weighted by molar-refractivity contribution is -0.117. The Morgan fingerprint density at radius 3 is 1.71 bits per heavy atom. The van der Waals surface area contributed by atoms with Crippen LogP contribution in [0.15, 0.2) is 110 Å². The maximum atomic E-state index is 11.4. The third kappa shape index (κ3) is 5.72. The van der Waals surface area contributed by atoms with Crippen molar-refractivity contribution in [2.24, 2.45) is 0 Å². The van der Waals surface area contributed by atoms with Crippen LogP contribution in [0.5, 0.6) is 11.5 Å². The molecule has 210 valence electrons. The van der Waals surface area contributed by atoms with Crippen molar-refractivity contribution in [3.8, 4) is 22.6 Å². The SMILES string of the molecule is C=CC(=O)NCC(O)COc1ccc(C2(c3ccc(OCC(O)CCl)cc3)c3ccccc3-c3ccccc32)cc1. The van der Waals surface area contributed by atoms with Crippen LogP contribution in [0.4, 0.5) is 0 Å². The number of alkyl halides is 1. The Labute approximate surface area is 244 Å². The van der Waals surface area contributed by atoms with E-state index >= 15 is 0 Å². The predicted octanol–water partition coefficient (Wildman–Crippen LogP) is 5.07. The molecule has 0 saturated heterocycles. The fourth-order valence-corrected chi connectivity index (χ4v) is 5.49. The van der Waals surface area contributed by atoms with Crippen molar-refractivity contribution in [3.63, 3.8) is 0 Å². The molecule has 2 atom stereocenters. The Morgan fingerprint density at radius 1 is 0.780 bits per heavy atom. The molecular formula is C34H32ClNO5. The second-order valence-corrected chi connectivity index (χ2v) is 10.2. The van der Waals surface area contributed by atoms with Gasteiger partial charge >= 0.3 is 0 Å². The molecule has 4 aromatic rings. The van der Waals surface area contributed by atoms with E-state index in [4.69, 9.17) is 21.1 Å². The highest BCUT2D eigenvalue weighted by Gasteiger charge is 2.45. The second kappa shape index (κ2) is 12.6. The Morgan fingerprint density at radius 2 is 1.24 bits per heavy atom. The van der Waals surface area contributed by atoms with Gasteiger partial charge in [0.25, 0.3) is 0 Å². The summed E-state index contributed by atoms with van der Waals surface area (Å²) < 4.78 is 11.6. The third-order valence-electron chi connectivity index (χ3n) is 7.29. The van der Waals surface area contributed by atoms with Crippen LogP contribution >= 0.6 is 11.6 Å². The summed E-state index contributed by atoms with van der Waals surface area (Å²) in [5.74, 6) is 1.03. The van der Waals surface area contributed by atoms with Gasteiger partial charge in [0.2, 0.25) is 5.91 Å². The molecule has 0 heterocycles. The van der Waals surface area contributed by atoms with E-state index in [1.807, 2.05) is 24.3 Å². The van der Waals surface area contributed by atoms with Crippen LogP contribution in [0.2, 0.25) is 0 Å². The van der Waals surface area contributed by atoms with Crippen LogP contribution < -0.4 is 14.8 Å². The van der Waals surface area contributed by atoms with E-state index in [1.54, 1.807) is 0 Å². The lowest BCUT2D eigenvalue weighted by Crippen LogP contribution is -2.34. The molecule has 0 aromatic heterocycles. The number of fused-ring (bicyclic) bond motifs is 3. The fraction of sp³-hybridized carbons (Fsp3) is 0.206. The normalized spacial score (nSPS) is 14.3. The highest BCUT2D eigenvalue weighted by atomic mass is 35.5. The van der Waals surface area contributed by atoms with Crippen molar-refractivity contribution in [1.29, 1.82) is 0 Å². The lowest BCUT2D eigenvalue weighted by atomic mass is 9.68. The number of aliphatic hydroxyl groups excluding tert-OH is 2. The molecular weight excluding hydrogens is 538 g/mol. The standard InChI is InChI=1S/C34H32ClNO5/c1-2-33(39)36-20-26(38)22-41-28-17-13-24(14-18-28)34(23-11-15-27(16-12-23)40-21-25(37)19-35)31-9-5-3-7-29(31)30-8-4-6-10-32(30)34/h2-18,25-26,37-38H,1,19-22H2,(H,36,39). The highest BCUT2D eigenvalue weighted by molar-refractivity contribution is 6.18. The van der Waals surface area contributed by atoms with Crippen LogP contribution in [0.25, 0.3) is 11.1 Å². The summed E-state index contributed by atoms with van der Waals surface area (Å²) in [6.45, 7) is 3.64. The van der Waals surface area contributed by atoms with Gasteiger partial charge in [-0.15, -0.1) is 11.6 Å². The number of hydrogen-bond donors (Lipinski definition) is 3. The second-order valence-electron chi connectivity index (χ2n) is 9.92. The van der Waals surface area contributed by atoms with Crippen LogP contribution in [-0.2, 0) is 10.2 Å². The largest absolute Gasteiger partial charge is 0.491 e. The Bertz CT molecular complexity index is 1460. The molecule has 0 radical (unpaired) electrons. The molecule has 4 aromatic carbocycles. The molecule has 0 saturated carbocycles. The molecule has 0 fully saturated rings. The van der Waals surface area contributed by atoms with E-state index < -0.39 is 17.6 Å². The molecule has 0 bridgehead atoms. The van der Waals surface area contributed by atoms with Gasteiger partial charge in [-0.05, 0) is 63.7 Å². The first-order valence-corrected chi connectivity index (χ1v) is 14.0. The minimum Gasteiger partial charge on any atom is -0.491 e. The Balaban J connectivity index is 1.50. The number of rotatable bonds is 12. The molecule has 6 nitrogen and oxygen atoms in total. The number of hydrogen-bond acceptors (Lipinski definition) is 5. The number of carbonyl (C=O) groups excluding carboxylic acids is 1. The van der Waals surface area contributed by atoms with Crippen molar-refractivity contribution >= 4 is 17.5 Å². The zero-order valence-corrected chi connectivity index (χ0v) is 23.3. The van der Waals surface area contributed by atoms with E-state index in [0.29, 0.717) is 11.5 Å². The monoisotopic (exact) mass is 569 g/mol. The zero-order chi connectivity index (χ0) is 28.8. The molecule has 1 aliphatic rings. The van der Waals surface area contributed by atoms with Crippen molar-refractivity contribution < 1.29 is 24.5 Å². The number of benzene rings is 4. The third-order valence-corrected chi connectivity index (χ3v) is 7.64. The van der Waals surface area contributed by atoms with Gasteiger partial charge in [-0.25, -0.2) is 0 Å². The molecule has 5 rings (SSSR count). The van der Waals surface area contributed by atoms with E-state index in [2.05, 4.69) is 84.7 Å². The number of halogens is 1. The first-order chi connectivity index (χ1) is 20.0. The highest BCUT2D eigenvalue weighted by Crippen LogP contribution is 2.56. The summed E-state index contributed by atoms with van der Waals surface area (Å²) in [7, 11) is 0. The van der Waals surface area contributed by atoms with E-state index in [-0.39, 0.29) is 31.5 Å². The average molecular weight is 570 g/mol. The molecule has 41 heavy (non-hydrogen) atoms. The van der Waals surface area contributed by atoms with E-state index in [1.165, 1.54) is 22.3 Å². The van der Waals surface area contributed by atoms with Crippen LogP contribution in [0.1, 0.15) is 22.3 Å². The first kappa shape index (κ1) is 28.4. The number of amides is 1. The molecule has 3 N–H and O–H groups in total. The number of nitrogens with one attached hydrogen (secondary N) is 1. The van der Waals surface area contributed by atoms with Crippen molar-refractivity contribution in [2.75, 3.05) is 25.6 Å². The van der Waals surface area contributed by atoms with Crippen LogP contribution in [-0.4, -0.2) is 54.0 Å². The summed E-state index contributed by atoms with van der Waals surface area (Å²) in [6.07, 6.45) is -0.428. The zero-order valence-electron chi connectivity index (χ0n) is 22.5. The van der Waals surface area contributed by atoms with Gasteiger partial charge < -0.3 is 25.0 Å². The van der Waals surface area contributed by atoms with Gasteiger partial charge in [-0.3, -0.25) is 4.79 Å². The molecule has 0 spiro atoms. The predicted molar refractivity (Wildman–Crippen MR) is 161 cm³/mol. The van der Waals surface area contributed by atoms with Gasteiger partial charge in [0.1, 0.15) is 36.9 Å².